The molecule has 0 fully saturated rings. The highest BCUT2D eigenvalue weighted by atomic mass is 32.2. The van der Waals surface area contributed by atoms with Crippen molar-refractivity contribution in [3.8, 4) is 5.75 Å². The Morgan fingerprint density at radius 2 is 2.05 bits per heavy atom. The summed E-state index contributed by atoms with van der Waals surface area (Å²) in [6.07, 6.45) is -3.74. The lowest BCUT2D eigenvalue weighted by molar-refractivity contribution is -0.274. The maximum atomic E-state index is 12.1. The molecule has 2 aromatic rings. The van der Waals surface area contributed by atoms with Gasteiger partial charge in [0, 0.05) is 6.07 Å². The average Bonchev–Trinajstić information content (AvgIpc) is 2.74. The largest absolute Gasteiger partial charge is 0.573 e. The lowest BCUT2D eigenvalue weighted by Gasteiger charge is -2.11. The van der Waals surface area contributed by atoms with Crippen LogP contribution in [0.1, 0.15) is 5.82 Å². The van der Waals surface area contributed by atoms with Gasteiger partial charge in [-0.25, -0.2) is 4.98 Å². The lowest BCUT2D eigenvalue weighted by Crippen LogP contribution is -2.17. The van der Waals surface area contributed by atoms with Gasteiger partial charge in [-0.1, -0.05) is 6.07 Å². The second kappa shape index (κ2) is 5.28. The first-order chi connectivity index (χ1) is 9.66. The quantitative estimate of drug-likeness (QED) is 0.906. The molecule has 2 rings (SSSR count). The Morgan fingerprint density at radius 3 is 2.62 bits per heavy atom. The number of hydrogen-bond acceptors (Lipinski definition) is 4. The molecule has 0 unspecified atom stereocenters. The van der Waals surface area contributed by atoms with E-state index in [1.165, 1.54) is 12.1 Å². The Bertz CT molecular complexity index is 740. The molecule has 0 saturated carbocycles. The zero-order valence-corrected chi connectivity index (χ0v) is 11.4. The lowest BCUT2D eigenvalue weighted by atomic mass is 10.3. The number of aryl methyl sites for hydroxylation is 1. The van der Waals surface area contributed by atoms with Crippen molar-refractivity contribution in [2.75, 3.05) is 4.72 Å². The number of aromatic nitrogens is 2. The van der Waals surface area contributed by atoms with Crippen LogP contribution in [0.4, 0.5) is 18.9 Å². The molecule has 0 aliphatic rings. The van der Waals surface area contributed by atoms with E-state index in [1.54, 1.807) is 6.92 Å². The number of sulfonamides is 1. The van der Waals surface area contributed by atoms with Crippen molar-refractivity contribution in [3.05, 3.63) is 36.3 Å². The van der Waals surface area contributed by atoms with Gasteiger partial charge < -0.3 is 9.72 Å². The fourth-order valence-corrected chi connectivity index (χ4v) is 2.52. The fraction of sp³-hybridized carbons (Fsp3) is 0.182. The average molecular weight is 321 g/mol. The van der Waals surface area contributed by atoms with Gasteiger partial charge in [0.15, 0.2) is 5.03 Å². The SMILES string of the molecule is Cc1ncc(S(=O)(=O)Nc2cccc(OC(F)(F)F)c2)[nH]1. The van der Waals surface area contributed by atoms with Crippen LogP contribution in [-0.4, -0.2) is 24.7 Å². The van der Waals surface area contributed by atoms with Gasteiger partial charge in [-0.2, -0.15) is 8.42 Å². The highest BCUT2D eigenvalue weighted by molar-refractivity contribution is 7.92. The Labute approximate surface area is 118 Å². The van der Waals surface area contributed by atoms with Crippen LogP contribution in [0, 0.1) is 6.92 Å². The first-order valence-corrected chi connectivity index (χ1v) is 7.04. The molecule has 0 amide bonds. The van der Waals surface area contributed by atoms with Crippen LogP contribution in [0.3, 0.4) is 0 Å². The number of ether oxygens (including phenoxy) is 1. The maximum absolute atomic E-state index is 12.1. The number of benzene rings is 1. The molecule has 10 heteroatoms. The predicted molar refractivity (Wildman–Crippen MR) is 67.3 cm³/mol. The van der Waals surface area contributed by atoms with E-state index < -0.39 is 22.1 Å². The number of rotatable bonds is 4. The molecule has 2 N–H and O–H groups in total. The summed E-state index contributed by atoms with van der Waals surface area (Å²) < 4.78 is 66.1. The summed E-state index contributed by atoms with van der Waals surface area (Å²) in [5.41, 5.74) is -0.0657. The van der Waals surface area contributed by atoms with E-state index in [2.05, 4.69) is 19.4 Å². The van der Waals surface area contributed by atoms with Crippen molar-refractivity contribution < 1.29 is 26.3 Å². The normalized spacial score (nSPS) is 12.2. The predicted octanol–water partition coefficient (Wildman–Crippen LogP) is 2.42. The molecule has 0 aliphatic carbocycles. The molecule has 6 nitrogen and oxygen atoms in total. The number of alkyl halides is 3. The van der Waals surface area contributed by atoms with Gasteiger partial charge in [-0.15, -0.1) is 13.2 Å². The minimum Gasteiger partial charge on any atom is -0.406 e. The van der Waals surface area contributed by atoms with Gasteiger partial charge in [0.2, 0.25) is 0 Å². The maximum Gasteiger partial charge on any atom is 0.573 e. The van der Waals surface area contributed by atoms with E-state index >= 15 is 0 Å². The van der Waals surface area contributed by atoms with Gasteiger partial charge in [0.1, 0.15) is 11.6 Å². The number of aromatic amines is 1. The van der Waals surface area contributed by atoms with E-state index in [0.717, 1.165) is 18.3 Å². The Balaban J connectivity index is 2.22. The summed E-state index contributed by atoms with van der Waals surface area (Å²) in [7, 11) is -3.96. The van der Waals surface area contributed by atoms with E-state index in [9.17, 15) is 21.6 Å². The van der Waals surface area contributed by atoms with Crippen LogP contribution < -0.4 is 9.46 Å². The van der Waals surface area contributed by atoms with Gasteiger partial charge >= 0.3 is 6.36 Å². The van der Waals surface area contributed by atoms with E-state index in [1.807, 2.05) is 0 Å². The van der Waals surface area contributed by atoms with Crippen molar-refractivity contribution in [1.29, 1.82) is 0 Å². The fourth-order valence-electron chi connectivity index (χ4n) is 1.50. The Morgan fingerprint density at radius 1 is 1.33 bits per heavy atom. The third kappa shape index (κ3) is 4.12. The van der Waals surface area contributed by atoms with Gasteiger partial charge in [0.25, 0.3) is 10.0 Å². The molecule has 1 aromatic carbocycles. The summed E-state index contributed by atoms with van der Waals surface area (Å²) in [6.45, 7) is 1.57. The Kier molecular flexibility index (Phi) is 3.81. The standard InChI is InChI=1S/C11H10F3N3O3S/c1-7-15-6-10(16-7)21(18,19)17-8-3-2-4-9(5-8)20-11(12,13)14/h2-6,17H,1H3,(H,15,16). The van der Waals surface area contributed by atoms with Crippen molar-refractivity contribution in [2.24, 2.45) is 0 Å². The van der Waals surface area contributed by atoms with Crippen LogP contribution in [0.2, 0.25) is 0 Å². The minimum absolute atomic E-state index is 0.0657. The summed E-state index contributed by atoms with van der Waals surface area (Å²) in [6, 6.07) is 4.51. The number of nitrogens with one attached hydrogen (secondary N) is 2. The molecular formula is C11H10F3N3O3S. The highest BCUT2D eigenvalue weighted by Crippen LogP contribution is 2.26. The van der Waals surface area contributed by atoms with Crippen molar-refractivity contribution in [1.82, 2.24) is 9.97 Å². The molecule has 1 heterocycles. The Hall–Kier alpha value is -2.23. The van der Waals surface area contributed by atoms with Gasteiger partial charge in [0.05, 0.1) is 11.9 Å². The van der Waals surface area contributed by atoms with E-state index in [-0.39, 0.29) is 10.7 Å². The second-order valence-electron chi connectivity index (χ2n) is 4.01. The third-order valence-corrected chi connectivity index (χ3v) is 3.58. The van der Waals surface area contributed by atoms with Crippen molar-refractivity contribution in [3.63, 3.8) is 0 Å². The van der Waals surface area contributed by atoms with E-state index in [0.29, 0.717) is 5.82 Å². The molecule has 0 bridgehead atoms. The number of H-pyrrole nitrogens is 1. The van der Waals surface area contributed by atoms with Crippen LogP contribution in [-0.2, 0) is 10.0 Å². The second-order valence-corrected chi connectivity index (χ2v) is 5.66. The molecule has 1 aromatic heterocycles. The smallest absolute Gasteiger partial charge is 0.406 e. The van der Waals surface area contributed by atoms with Gasteiger partial charge in [-0.05, 0) is 19.1 Å². The van der Waals surface area contributed by atoms with Crippen LogP contribution in [0.25, 0.3) is 0 Å². The molecule has 114 valence electrons. The summed E-state index contributed by atoms with van der Waals surface area (Å²) >= 11 is 0. The molecule has 0 saturated heterocycles. The topological polar surface area (TPSA) is 84.1 Å². The number of halogens is 3. The van der Waals surface area contributed by atoms with Crippen LogP contribution in [0.5, 0.6) is 5.75 Å². The molecule has 0 atom stereocenters. The van der Waals surface area contributed by atoms with Gasteiger partial charge in [-0.3, -0.25) is 4.72 Å². The monoisotopic (exact) mass is 321 g/mol. The minimum atomic E-state index is -4.85. The third-order valence-electron chi connectivity index (χ3n) is 2.29. The summed E-state index contributed by atoms with van der Waals surface area (Å²) in [5, 5.41) is -0.192. The molecule has 0 radical (unpaired) electrons. The number of hydrogen-bond donors (Lipinski definition) is 2. The van der Waals surface area contributed by atoms with Crippen molar-refractivity contribution in [2.45, 2.75) is 18.3 Å². The summed E-state index contributed by atoms with van der Waals surface area (Å²) in [4.78, 5) is 6.26. The zero-order chi connectivity index (χ0) is 15.7. The molecule has 0 spiro atoms. The molecular weight excluding hydrogens is 311 g/mol. The number of anilines is 1. The van der Waals surface area contributed by atoms with Crippen LogP contribution >= 0.6 is 0 Å². The van der Waals surface area contributed by atoms with Crippen molar-refractivity contribution >= 4 is 15.7 Å². The highest BCUT2D eigenvalue weighted by Gasteiger charge is 2.31. The molecule has 0 aliphatic heterocycles. The first kappa shape index (κ1) is 15.2. The van der Waals surface area contributed by atoms with E-state index in [4.69, 9.17) is 0 Å². The first-order valence-electron chi connectivity index (χ1n) is 5.56. The zero-order valence-electron chi connectivity index (χ0n) is 10.6. The number of nitrogens with zero attached hydrogens (tertiary/aromatic N) is 1. The number of imidazole rings is 1. The molecule has 21 heavy (non-hydrogen) atoms. The summed E-state index contributed by atoms with van der Waals surface area (Å²) in [5.74, 6) is -0.131. The van der Waals surface area contributed by atoms with Crippen LogP contribution in [0.15, 0.2) is 35.5 Å².